The number of carbonyl (C=O) groups excluding carboxylic acids is 1. The third-order valence-electron chi connectivity index (χ3n) is 4.82. The van der Waals surface area contributed by atoms with Gasteiger partial charge in [0.05, 0.1) is 10.9 Å². The van der Waals surface area contributed by atoms with Crippen LogP contribution in [0.5, 0.6) is 5.75 Å². The minimum Gasteiger partial charge on any atom is -0.484 e. The van der Waals surface area contributed by atoms with Crippen molar-refractivity contribution in [2.45, 2.75) is 37.1 Å². The van der Waals surface area contributed by atoms with E-state index in [0.717, 1.165) is 24.8 Å². The molecule has 1 aliphatic heterocycles. The largest absolute Gasteiger partial charge is 0.484 e. The second-order valence-electron chi connectivity index (χ2n) is 6.92. The van der Waals surface area contributed by atoms with E-state index in [1.165, 1.54) is 16.4 Å². The maximum atomic E-state index is 12.6. The SMILES string of the molecule is CC(NC(=O)COc1ccc(S(=O)(=O)N2CCCCC2)cc1)c1ccccc1. The van der Waals surface area contributed by atoms with Crippen LogP contribution in [-0.2, 0) is 14.8 Å². The van der Waals surface area contributed by atoms with Crippen LogP contribution >= 0.6 is 0 Å². The summed E-state index contributed by atoms with van der Waals surface area (Å²) in [5.74, 6) is 0.224. The Kier molecular flexibility index (Phi) is 6.70. The van der Waals surface area contributed by atoms with E-state index >= 15 is 0 Å². The lowest BCUT2D eigenvalue weighted by molar-refractivity contribution is -0.123. The Hall–Kier alpha value is -2.38. The Morgan fingerprint density at radius 1 is 1.04 bits per heavy atom. The maximum absolute atomic E-state index is 12.6. The molecule has 6 nitrogen and oxygen atoms in total. The van der Waals surface area contributed by atoms with Crippen LogP contribution in [0.1, 0.15) is 37.8 Å². The second kappa shape index (κ2) is 9.21. The Morgan fingerprint density at radius 3 is 2.32 bits per heavy atom. The Bertz CT molecular complexity index is 876. The van der Waals surface area contributed by atoms with Crippen LogP contribution in [0.4, 0.5) is 0 Å². The fraction of sp³-hybridized carbons (Fsp3) is 0.381. The molecule has 1 N–H and O–H groups in total. The molecule has 1 unspecified atom stereocenters. The highest BCUT2D eigenvalue weighted by atomic mass is 32.2. The third-order valence-corrected chi connectivity index (χ3v) is 6.74. The molecule has 1 aliphatic rings. The van der Waals surface area contributed by atoms with Gasteiger partial charge < -0.3 is 10.1 Å². The zero-order valence-corrected chi connectivity index (χ0v) is 16.8. The maximum Gasteiger partial charge on any atom is 0.258 e. The first-order chi connectivity index (χ1) is 13.5. The summed E-state index contributed by atoms with van der Waals surface area (Å²) in [5, 5.41) is 2.88. The van der Waals surface area contributed by atoms with Gasteiger partial charge in [-0.25, -0.2) is 8.42 Å². The Labute approximate surface area is 166 Å². The molecule has 2 aromatic carbocycles. The predicted octanol–water partition coefficient (Wildman–Crippen LogP) is 3.12. The molecule has 1 saturated heterocycles. The summed E-state index contributed by atoms with van der Waals surface area (Å²) in [6, 6.07) is 15.8. The summed E-state index contributed by atoms with van der Waals surface area (Å²) in [5.41, 5.74) is 1.02. The molecule has 0 saturated carbocycles. The molecular formula is C21H26N2O4S. The first kappa shape index (κ1) is 20.4. The van der Waals surface area contributed by atoms with Gasteiger partial charge in [0.25, 0.3) is 5.91 Å². The van der Waals surface area contributed by atoms with Crippen molar-refractivity contribution in [3.8, 4) is 5.75 Å². The number of carbonyl (C=O) groups is 1. The molecule has 1 fully saturated rings. The molecule has 1 heterocycles. The van der Waals surface area contributed by atoms with Crippen LogP contribution in [0.2, 0.25) is 0 Å². The number of rotatable bonds is 7. The molecule has 0 aliphatic carbocycles. The van der Waals surface area contributed by atoms with Crippen molar-refractivity contribution in [3.05, 3.63) is 60.2 Å². The van der Waals surface area contributed by atoms with E-state index in [2.05, 4.69) is 5.32 Å². The fourth-order valence-corrected chi connectivity index (χ4v) is 4.74. The van der Waals surface area contributed by atoms with Gasteiger partial charge in [-0.15, -0.1) is 0 Å². The smallest absolute Gasteiger partial charge is 0.258 e. The molecule has 3 rings (SSSR count). The molecule has 1 atom stereocenters. The number of hydrogen-bond acceptors (Lipinski definition) is 4. The molecule has 0 radical (unpaired) electrons. The first-order valence-corrected chi connectivity index (χ1v) is 11.0. The van der Waals surface area contributed by atoms with Crippen molar-refractivity contribution in [2.24, 2.45) is 0 Å². The minimum atomic E-state index is -3.46. The van der Waals surface area contributed by atoms with Crippen molar-refractivity contribution in [1.29, 1.82) is 0 Å². The van der Waals surface area contributed by atoms with E-state index in [-0.39, 0.29) is 23.5 Å². The van der Waals surface area contributed by atoms with Gasteiger partial charge in [0, 0.05) is 13.1 Å². The van der Waals surface area contributed by atoms with Gasteiger partial charge in [-0.2, -0.15) is 4.31 Å². The van der Waals surface area contributed by atoms with Crippen molar-refractivity contribution < 1.29 is 17.9 Å². The van der Waals surface area contributed by atoms with Gasteiger partial charge in [0.2, 0.25) is 10.0 Å². The zero-order chi connectivity index (χ0) is 20.0. The lowest BCUT2D eigenvalue weighted by Crippen LogP contribution is -2.35. The van der Waals surface area contributed by atoms with Crippen LogP contribution in [-0.4, -0.2) is 38.3 Å². The molecule has 0 bridgehead atoms. The van der Waals surface area contributed by atoms with Crippen LogP contribution in [0.25, 0.3) is 0 Å². The molecule has 1 amide bonds. The van der Waals surface area contributed by atoms with E-state index < -0.39 is 10.0 Å². The summed E-state index contributed by atoms with van der Waals surface area (Å²) in [7, 11) is -3.46. The highest BCUT2D eigenvalue weighted by Crippen LogP contribution is 2.22. The van der Waals surface area contributed by atoms with Gasteiger partial charge in [-0.05, 0) is 49.6 Å². The number of sulfonamides is 1. The lowest BCUT2D eigenvalue weighted by atomic mass is 10.1. The van der Waals surface area contributed by atoms with Gasteiger partial charge in [0.1, 0.15) is 5.75 Å². The van der Waals surface area contributed by atoms with E-state index in [1.807, 2.05) is 37.3 Å². The standard InChI is InChI=1S/C21H26N2O4S/c1-17(18-8-4-2-5-9-18)22-21(24)16-27-19-10-12-20(13-11-19)28(25,26)23-14-6-3-7-15-23/h2,4-5,8-13,17H,3,6-7,14-16H2,1H3,(H,22,24). The molecule has 7 heteroatoms. The number of amides is 1. The van der Waals surface area contributed by atoms with E-state index in [4.69, 9.17) is 4.74 Å². The van der Waals surface area contributed by atoms with Crippen molar-refractivity contribution in [3.63, 3.8) is 0 Å². The number of hydrogen-bond donors (Lipinski definition) is 1. The Balaban J connectivity index is 1.53. The number of nitrogens with one attached hydrogen (secondary N) is 1. The molecule has 0 aromatic heterocycles. The number of ether oxygens (including phenoxy) is 1. The van der Waals surface area contributed by atoms with Crippen LogP contribution in [0, 0.1) is 0 Å². The van der Waals surface area contributed by atoms with Crippen molar-refractivity contribution >= 4 is 15.9 Å². The molecular weight excluding hydrogens is 376 g/mol. The fourth-order valence-electron chi connectivity index (χ4n) is 3.22. The van der Waals surface area contributed by atoms with E-state index in [1.54, 1.807) is 12.1 Å². The average molecular weight is 403 g/mol. The first-order valence-electron chi connectivity index (χ1n) is 9.54. The van der Waals surface area contributed by atoms with Gasteiger partial charge in [-0.1, -0.05) is 36.8 Å². The topological polar surface area (TPSA) is 75.7 Å². The van der Waals surface area contributed by atoms with E-state index in [9.17, 15) is 13.2 Å². The minimum absolute atomic E-state index is 0.116. The van der Waals surface area contributed by atoms with Crippen LogP contribution in [0.15, 0.2) is 59.5 Å². The summed E-state index contributed by atoms with van der Waals surface area (Å²) in [6.45, 7) is 2.92. The normalized spacial score (nSPS) is 16.3. The van der Waals surface area contributed by atoms with E-state index in [0.29, 0.717) is 18.8 Å². The monoisotopic (exact) mass is 402 g/mol. The van der Waals surface area contributed by atoms with Crippen LogP contribution < -0.4 is 10.1 Å². The van der Waals surface area contributed by atoms with Gasteiger partial charge in [0.15, 0.2) is 6.61 Å². The van der Waals surface area contributed by atoms with Crippen molar-refractivity contribution in [1.82, 2.24) is 9.62 Å². The molecule has 0 spiro atoms. The average Bonchev–Trinajstić information content (AvgIpc) is 2.74. The lowest BCUT2D eigenvalue weighted by Gasteiger charge is -2.25. The number of benzene rings is 2. The summed E-state index contributed by atoms with van der Waals surface area (Å²) < 4.78 is 32.3. The number of piperidine rings is 1. The quantitative estimate of drug-likeness (QED) is 0.772. The summed E-state index contributed by atoms with van der Waals surface area (Å²) >= 11 is 0. The Morgan fingerprint density at radius 2 is 1.68 bits per heavy atom. The molecule has 150 valence electrons. The van der Waals surface area contributed by atoms with Gasteiger partial charge >= 0.3 is 0 Å². The summed E-state index contributed by atoms with van der Waals surface area (Å²) in [6.07, 6.45) is 2.87. The third kappa shape index (κ3) is 5.11. The summed E-state index contributed by atoms with van der Waals surface area (Å²) in [4.78, 5) is 12.3. The molecule has 2 aromatic rings. The predicted molar refractivity (Wildman–Crippen MR) is 108 cm³/mol. The van der Waals surface area contributed by atoms with Gasteiger partial charge in [-0.3, -0.25) is 4.79 Å². The van der Waals surface area contributed by atoms with Crippen molar-refractivity contribution in [2.75, 3.05) is 19.7 Å². The highest BCUT2D eigenvalue weighted by Gasteiger charge is 2.25. The second-order valence-corrected chi connectivity index (χ2v) is 8.86. The van der Waals surface area contributed by atoms with Crippen LogP contribution in [0.3, 0.4) is 0 Å². The zero-order valence-electron chi connectivity index (χ0n) is 16.0. The molecule has 28 heavy (non-hydrogen) atoms. The number of nitrogens with zero attached hydrogens (tertiary/aromatic N) is 1. The highest BCUT2D eigenvalue weighted by molar-refractivity contribution is 7.89.